The fraction of sp³-hybridized carbons (Fsp3) is 0.120. The molecule has 5 rings (SSSR count). The van der Waals surface area contributed by atoms with Crippen molar-refractivity contribution in [3.63, 3.8) is 0 Å². The van der Waals surface area contributed by atoms with E-state index in [0.717, 1.165) is 43.1 Å². The minimum Gasteiger partial charge on any atom is -0.340 e. The third-order valence-corrected chi connectivity index (χ3v) is 7.18. The lowest BCUT2D eigenvalue weighted by Crippen LogP contribution is -2.02. The topological polar surface area (TPSA) is 42.2 Å². The van der Waals surface area contributed by atoms with Crippen LogP contribution in [0.1, 0.15) is 22.4 Å². The summed E-state index contributed by atoms with van der Waals surface area (Å²) in [6.45, 7) is 4.92. The smallest absolute Gasteiger partial charge is 0.204 e. The first-order valence-corrected chi connectivity index (χ1v) is 11.7. The molecule has 0 spiro atoms. The van der Waals surface area contributed by atoms with E-state index in [1.54, 1.807) is 11.3 Å². The van der Waals surface area contributed by atoms with E-state index >= 15 is 0 Å². The van der Waals surface area contributed by atoms with E-state index in [-0.39, 0.29) is 0 Å². The molecular formula is C25H20Cl2N4S. The number of fused-ring (bicyclic) bond motifs is 2. The Hall–Kier alpha value is -2.86. The van der Waals surface area contributed by atoms with Crippen molar-refractivity contribution in [1.82, 2.24) is 9.55 Å². The molecule has 160 valence electrons. The molecule has 5 aromatic rings. The van der Waals surface area contributed by atoms with Crippen LogP contribution in [0.15, 0.2) is 65.8 Å². The summed E-state index contributed by atoms with van der Waals surface area (Å²) < 4.78 is 3.42. The van der Waals surface area contributed by atoms with Crippen molar-refractivity contribution < 1.29 is 0 Å². The van der Waals surface area contributed by atoms with E-state index in [1.807, 2.05) is 42.6 Å². The highest BCUT2D eigenvalue weighted by atomic mass is 35.5. The standard InChI is InChI=1S/C25H20Cl2N4S/c1-15-7-10-23-18(11-15)19(13-28-30-25-29-22-5-3-4-6-24(22)32-25)16(2)31(23)14-17-8-9-20(26)21(27)12-17/h3-13H,14H2,1-2H3,(H,29,30)/b28-13+. The molecule has 0 bridgehead atoms. The lowest BCUT2D eigenvalue weighted by molar-refractivity contribution is 0.804. The molecule has 3 aromatic carbocycles. The number of aromatic nitrogens is 2. The number of rotatable bonds is 5. The Bertz CT molecular complexity index is 1450. The van der Waals surface area contributed by atoms with Crippen molar-refractivity contribution in [2.45, 2.75) is 20.4 Å². The number of thiazole rings is 1. The predicted molar refractivity (Wildman–Crippen MR) is 138 cm³/mol. The Balaban J connectivity index is 1.50. The van der Waals surface area contributed by atoms with Crippen LogP contribution >= 0.6 is 34.5 Å². The van der Waals surface area contributed by atoms with Crippen LogP contribution in [0.2, 0.25) is 10.0 Å². The molecule has 4 nitrogen and oxygen atoms in total. The minimum atomic E-state index is 0.564. The Kier molecular flexibility index (Phi) is 5.64. The number of para-hydroxylation sites is 1. The summed E-state index contributed by atoms with van der Waals surface area (Å²) in [5.74, 6) is 0. The van der Waals surface area contributed by atoms with Crippen molar-refractivity contribution in [3.05, 3.63) is 93.1 Å². The zero-order valence-corrected chi connectivity index (χ0v) is 19.9. The van der Waals surface area contributed by atoms with Crippen molar-refractivity contribution >= 4 is 67.0 Å². The van der Waals surface area contributed by atoms with Crippen molar-refractivity contribution in [2.75, 3.05) is 5.43 Å². The fourth-order valence-corrected chi connectivity index (χ4v) is 5.02. The van der Waals surface area contributed by atoms with E-state index in [9.17, 15) is 0 Å². The van der Waals surface area contributed by atoms with Gasteiger partial charge in [0.2, 0.25) is 5.13 Å². The molecule has 1 N–H and O–H groups in total. The van der Waals surface area contributed by atoms with E-state index in [2.05, 4.69) is 58.2 Å². The van der Waals surface area contributed by atoms with Crippen LogP contribution in [-0.2, 0) is 6.54 Å². The number of halogens is 2. The Morgan fingerprint density at radius 1 is 1.03 bits per heavy atom. The van der Waals surface area contributed by atoms with Gasteiger partial charge in [-0.1, -0.05) is 64.4 Å². The molecule has 2 heterocycles. The van der Waals surface area contributed by atoms with Crippen LogP contribution in [0, 0.1) is 13.8 Å². The molecule has 0 saturated heterocycles. The third kappa shape index (κ3) is 3.99. The molecular weight excluding hydrogens is 459 g/mol. The van der Waals surface area contributed by atoms with Crippen LogP contribution in [0.3, 0.4) is 0 Å². The SMILES string of the molecule is Cc1ccc2c(c1)c(/C=N/Nc1nc3ccccc3s1)c(C)n2Cc1ccc(Cl)c(Cl)c1. The molecule has 0 radical (unpaired) electrons. The van der Waals surface area contributed by atoms with Gasteiger partial charge in [-0.05, 0) is 55.8 Å². The highest BCUT2D eigenvalue weighted by Crippen LogP contribution is 2.29. The van der Waals surface area contributed by atoms with Gasteiger partial charge in [0.15, 0.2) is 0 Å². The second-order valence-corrected chi connectivity index (χ2v) is 9.56. The van der Waals surface area contributed by atoms with E-state index in [4.69, 9.17) is 23.2 Å². The fourth-order valence-electron chi connectivity index (χ4n) is 3.88. The molecule has 0 atom stereocenters. The van der Waals surface area contributed by atoms with Crippen LogP contribution in [-0.4, -0.2) is 15.8 Å². The van der Waals surface area contributed by atoms with Gasteiger partial charge in [-0.2, -0.15) is 5.10 Å². The van der Waals surface area contributed by atoms with Crippen molar-refractivity contribution in [3.8, 4) is 0 Å². The largest absolute Gasteiger partial charge is 0.340 e. The lowest BCUT2D eigenvalue weighted by atomic mass is 10.1. The summed E-state index contributed by atoms with van der Waals surface area (Å²) in [5.41, 5.74) is 9.73. The first-order chi connectivity index (χ1) is 15.5. The van der Waals surface area contributed by atoms with Crippen LogP contribution in [0.4, 0.5) is 5.13 Å². The van der Waals surface area contributed by atoms with Gasteiger partial charge >= 0.3 is 0 Å². The predicted octanol–water partition coefficient (Wildman–Crippen LogP) is 7.67. The number of hydrogen-bond acceptors (Lipinski definition) is 4. The maximum atomic E-state index is 6.24. The van der Waals surface area contributed by atoms with Crippen LogP contribution in [0.5, 0.6) is 0 Å². The van der Waals surface area contributed by atoms with Crippen LogP contribution < -0.4 is 5.43 Å². The molecule has 0 fully saturated rings. The number of nitrogens with zero attached hydrogens (tertiary/aromatic N) is 3. The highest BCUT2D eigenvalue weighted by Gasteiger charge is 2.14. The molecule has 7 heteroatoms. The summed E-state index contributed by atoms with van der Waals surface area (Å²) in [6.07, 6.45) is 1.88. The molecule has 0 aliphatic carbocycles. The normalized spacial score (nSPS) is 11.8. The zero-order chi connectivity index (χ0) is 22.2. The van der Waals surface area contributed by atoms with Gasteiger partial charge in [0.1, 0.15) is 0 Å². The lowest BCUT2D eigenvalue weighted by Gasteiger charge is -2.10. The minimum absolute atomic E-state index is 0.564. The van der Waals surface area contributed by atoms with Gasteiger partial charge < -0.3 is 4.57 Å². The molecule has 0 aliphatic rings. The van der Waals surface area contributed by atoms with Gasteiger partial charge in [0.25, 0.3) is 0 Å². The van der Waals surface area contributed by atoms with E-state index < -0.39 is 0 Å². The molecule has 0 unspecified atom stereocenters. The third-order valence-electron chi connectivity index (χ3n) is 5.50. The Labute approximate surface area is 200 Å². The maximum Gasteiger partial charge on any atom is 0.204 e. The number of anilines is 1. The Morgan fingerprint density at radius 2 is 1.88 bits per heavy atom. The second-order valence-electron chi connectivity index (χ2n) is 7.71. The number of hydrazone groups is 1. The summed E-state index contributed by atoms with van der Waals surface area (Å²) in [4.78, 5) is 4.58. The van der Waals surface area contributed by atoms with Gasteiger partial charge in [0.05, 0.1) is 26.5 Å². The molecule has 2 aromatic heterocycles. The first kappa shape index (κ1) is 21.0. The monoisotopic (exact) mass is 478 g/mol. The number of aryl methyl sites for hydroxylation is 1. The molecule has 0 saturated carbocycles. The van der Waals surface area contributed by atoms with E-state index in [0.29, 0.717) is 16.6 Å². The zero-order valence-electron chi connectivity index (χ0n) is 17.6. The second kappa shape index (κ2) is 8.58. The van der Waals surface area contributed by atoms with Gasteiger partial charge in [-0.15, -0.1) is 0 Å². The quantitative estimate of drug-likeness (QED) is 0.208. The summed E-state index contributed by atoms with van der Waals surface area (Å²) in [6, 6.07) is 20.3. The summed E-state index contributed by atoms with van der Waals surface area (Å²) in [7, 11) is 0. The first-order valence-electron chi connectivity index (χ1n) is 10.2. The highest BCUT2D eigenvalue weighted by molar-refractivity contribution is 7.22. The van der Waals surface area contributed by atoms with Crippen molar-refractivity contribution in [2.24, 2.45) is 5.10 Å². The maximum absolute atomic E-state index is 6.24. The molecule has 32 heavy (non-hydrogen) atoms. The number of nitrogens with one attached hydrogen (secondary N) is 1. The van der Waals surface area contributed by atoms with Gasteiger partial charge in [-0.25, -0.2) is 4.98 Å². The van der Waals surface area contributed by atoms with Gasteiger partial charge in [-0.3, -0.25) is 5.43 Å². The number of hydrogen-bond donors (Lipinski definition) is 1. The summed E-state index contributed by atoms with van der Waals surface area (Å²) in [5, 5.41) is 7.58. The average molecular weight is 479 g/mol. The molecule has 0 amide bonds. The summed E-state index contributed by atoms with van der Waals surface area (Å²) >= 11 is 13.9. The van der Waals surface area contributed by atoms with Crippen LogP contribution in [0.25, 0.3) is 21.1 Å². The number of benzene rings is 3. The van der Waals surface area contributed by atoms with Gasteiger partial charge in [0, 0.05) is 28.7 Å². The molecule has 0 aliphatic heterocycles. The van der Waals surface area contributed by atoms with Crippen molar-refractivity contribution in [1.29, 1.82) is 0 Å². The Morgan fingerprint density at radius 3 is 2.69 bits per heavy atom. The van der Waals surface area contributed by atoms with E-state index in [1.165, 1.54) is 5.56 Å². The average Bonchev–Trinajstić information content (AvgIpc) is 3.30.